The third kappa shape index (κ3) is 4.71. The summed E-state index contributed by atoms with van der Waals surface area (Å²) in [4.78, 5) is 25.4. The quantitative estimate of drug-likeness (QED) is 0.665. The second-order valence-electron chi connectivity index (χ2n) is 7.84. The van der Waals surface area contributed by atoms with Crippen LogP contribution >= 0.6 is 0 Å². The van der Waals surface area contributed by atoms with E-state index in [0.717, 1.165) is 12.1 Å². The predicted molar refractivity (Wildman–Crippen MR) is 114 cm³/mol. The van der Waals surface area contributed by atoms with Crippen LogP contribution in [-0.4, -0.2) is 54.2 Å². The number of hydrogen-bond acceptors (Lipinski definition) is 7. The van der Waals surface area contributed by atoms with Crippen LogP contribution in [0.2, 0.25) is 0 Å². The van der Waals surface area contributed by atoms with E-state index >= 15 is 0 Å². The second-order valence-corrected chi connectivity index (χ2v) is 7.84. The molecule has 0 spiro atoms. The molecular formula is C22H29N5O3. The fourth-order valence-corrected chi connectivity index (χ4v) is 3.98. The molecule has 0 aliphatic carbocycles. The largest absolute Gasteiger partial charge is 0.461 e. The van der Waals surface area contributed by atoms with E-state index in [4.69, 9.17) is 15.2 Å². The van der Waals surface area contributed by atoms with Gasteiger partial charge in [0.2, 0.25) is 5.91 Å². The maximum absolute atomic E-state index is 12.6. The average Bonchev–Trinajstić information content (AvgIpc) is 3.06. The molecular weight excluding hydrogens is 382 g/mol. The van der Waals surface area contributed by atoms with Crippen molar-refractivity contribution in [1.82, 2.24) is 14.9 Å². The lowest BCUT2D eigenvalue weighted by Crippen LogP contribution is -2.29. The number of fused-ring (bicyclic) bond motifs is 1. The minimum Gasteiger partial charge on any atom is -0.461 e. The summed E-state index contributed by atoms with van der Waals surface area (Å²) in [6, 6.07) is 8.65. The van der Waals surface area contributed by atoms with Crippen LogP contribution in [0.3, 0.4) is 0 Å². The lowest BCUT2D eigenvalue weighted by atomic mass is 10.1. The first-order chi connectivity index (χ1) is 14.6. The fourth-order valence-electron chi connectivity index (χ4n) is 3.98. The Bertz CT molecular complexity index is 881. The zero-order chi connectivity index (χ0) is 20.9. The molecule has 1 saturated heterocycles. The van der Waals surface area contributed by atoms with Gasteiger partial charge in [0.25, 0.3) is 0 Å². The summed E-state index contributed by atoms with van der Waals surface area (Å²) in [7, 11) is 1.60. The number of hydrogen-bond donors (Lipinski definition) is 1. The lowest BCUT2D eigenvalue weighted by Gasteiger charge is -2.26. The van der Waals surface area contributed by atoms with Gasteiger partial charge in [-0.1, -0.05) is 30.7 Å². The van der Waals surface area contributed by atoms with Gasteiger partial charge in [-0.2, -0.15) is 9.97 Å². The molecule has 1 amide bonds. The summed E-state index contributed by atoms with van der Waals surface area (Å²) in [6.45, 7) is 4.53. The molecule has 2 aromatic rings. The molecule has 8 nitrogen and oxygen atoms in total. The summed E-state index contributed by atoms with van der Waals surface area (Å²) in [5, 5.41) is 0. The first-order valence-corrected chi connectivity index (χ1v) is 10.5. The normalized spacial score (nSPS) is 16.7. The van der Waals surface area contributed by atoms with Gasteiger partial charge in [0, 0.05) is 19.2 Å². The van der Waals surface area contributed by atoms with Crippen molar-refractivity contribution >= 4 is 17.5 Å². The molecule has 2 aliphatic rings. The first-order valence-electron chi connectivity index (χ1n) is 10.5. The topological polar surface area (TPSA) is 93.8 Å². The summed E-state index contributed by atoms with van der Waals surface area (Å²) < 4.78 is 10.5. The number of nitrogens with two attached hydrogens (primary N) is 1. The highest BCUT2D eigenvalue weighted by molar-refractivity contribution is 6.01. The van der Waals surface area contributed by atoms with E-state index in [9.17, 15) is 4.79 Å². The predicted octanol–water partition coefficient (Wildman–Crippen LogP) is 2.16. The Labute approximate surface area is 177 Å². The molecule has 3 heterocycles. The standard InChI is InChI=1S/C22H29N5O3/c1-29-11-12-30-22-24-20(23)18-13-19(28)27(21(18)25-22)15-17-7-5-16(6-8-17)14-26-9-3-2-4-10-26/h5-8H,2-4,9-15H2,1H3,(H2,23,24,25). The SMILES string of the molecule is COCCOc1nc(N)c2c(n1)N(Cc1ccc(CN3CCCCC3)cc1)C(=O)C2. The van der Waals surface area contributed by atoms with Crippen LogP contribution in [0.1, 0.15) is 36.0 Å². The Morgan fingerprint density at radius 3 is 2.40 bits per heavy atom. The van der Waals surface area contributed by atoms with Crippen molar-refractivity contribution in [3.8, 4) is 6.01 Å². The number of carbonyl (C=O) groups is 1. The number of likely N-dealkylation sites (tertiary alicyclic amines) is 1. The average molecular weight is 412 g/mol. The van der Waals surface area contributed by atoms with Crippen molar-refractivity contribution in [2.75, 3.05) is 44.0 Å². The molecule has 0 saturated carbocycles. The van der Waals surface area contributed by atoms with Crippen LogP contribution in [0.4, 0.5) is 11.6 Å². The van der Waals surface area contributed by atoms with E-state index in [1.54, 1.807) is 12.0 Å². The number of carbonyl (C=O) groups excluding carboxylic acids is 1. The highest BCUT2D eigenvalue weighted by Gasteiger charge is 2.32. The third-order valence-corrected chi connectivity index (χ3v) is 5.62. The Balaban J connectivity index is 1.45. The molecule has 0 atom stereocenters. The number of nitrogens with zero attached hydrogens (tertiary/aromatic N) is 4. The highest BCUT2D eigenvalue weighted by Crippen LogP contribution is 2.33. The Kier molecular flexibility index (Phi) is 6.44. The Morgan fingerprint density at radius 2 is 1.70 bits per heavy atom. The number of methoxy groups -OCH3 is 1. The van der Waals surface area contributed by atoms with Crippen LogP contribution in [-0.2, 0) is 29.0 Å². The number of ether oxygens (including phenoxy) is 2. The van der Waals surface area contributed by atoms with Gasteiger partial charge in [0.1, 0.15) is 18.2 Å². The molecule has 1 aromatic heterocycles. The number of rotatable bonds is 8. The van der Waals surface area contributed by atoms with Crippen molar-refractivity contribution in [3.05, 3.63) is 41.0 Å². The summed E-state index contributed by atoms with van der Waals surface area (Å²) in [5.41, 5.74) is 9.08. The van der Waals surface area contributed by atoms with Crippen LogP contribution in [0.15, 0.2) is 24.3 Å². The molecule has 0 bridgehead atoms. The molecule has 1 aromatic carbocycles. The van der Waals surface area contributed by atoms with Gasteiger partial charge in [-0.05, 0) is 37.1 Å². The van der Waals surface area contributed by atoms with E-state index in [2.05, 4.69) is 39.1 Å². The Hall–Kier alpha value is -2.71. The zero-order valence-electron chi connectivity index (χ0n) is 17.5. The van der Waals surface area contributed by atoms with Crippen molar-refractivity contribution in [1.29, 1.82) is 0 Å². The van der Waals surface area contributed by atoms with Gasteiger partial charge in [-0.15, -0.1) is 0 Å². The van der Waals surface area contributed by atoms with Gasteiger partial charge < -0.3 is 15.2 Å². The molecule has 2 aliphatic heterocycles. The second kappa shape index (κ2) is 9.40. The number of nitrogen functional groups attached to an aromatic ring is 1. The maximum Gasteiger partial charge on any atom is 0.320 e. The van der Waals surface area contributed by atoms with Gasteiger partial charge in [-0.25, -0.2) is 0 Å². The minimum atomic E-state index is -0.0302. The van der Waals surface area contributed by atoms with E-state index in [1.165, 1.54) is 37.9 Å². The van der Waals surface area contributed by atoms with E-state index in [1.807, 2.05) is 0 Å². The molecule has 2 N–H and O–H groups in total. The molecule has 30 heavy (non-hydrogen) atoms. The number of piperidine rings is 1. The lowest BCUT2D eigenvalue weighted by molar-refractivity contribution is -0.117. The molecule has 8 heteroatoms. The van der Waals surface area contributed by atoms with Gasteiger partial charge in [0.05, 0.1) is 19.6 Å². The summed E-state index contributed by atoms with van der Waals surface area (Å²) in [6.07, 6.45) is 4.13. The van der Waals surface area contributed by atoms with Gasteiger partial charge in [0.15, 0.2) is 0 Å². The first kappa shape index (κ1) is 20.6. The van der Waals surface area contributed by atoms with Crippen molar-refractivity contribution in [2.45, 2.75) is 38.8 Å². The molecule has 160 valence electrons. The fraction of sp³-hybridized carbons (Fsp3) is 0.500. The maximum atomic E-state index is 12.6. The molecule has 0 radical (unpaired) electrons. The van der Waals surface area contributed by atoms with Crippen molar-refractivity contribution in [3.63, 3.8) is 0 Å². The summed E-state index contributed by atoms with van der Waals surface area (Å²) >= 11 is 0. The van der Waals surface area contributed by atoms with Crippen molar-refractivity contribution < 1.29 is 14.3 Å². The number of aromatic nitrogens is 2. The zero-order valence-corrected chi connectivity index (χ0v) is 17.5. The monoisotopic (exact) mass is 411 g/mol. The highest BCUT2D eigenvalue weighted by atomic mass is 16.5. The van der Waals surface area contributed by atoms with Crippen LogP contribution in [0, 0.1) is 0 Å². The molecule has 4 rings (SSSR count). The molecule has 0 unspecified atom stereocenters. The van der Waals surface area contributed by atoms with E-state index < -0.39 is 0 Å². The van der Waals surface area contributed by atoms with Gasteiger partial charge >= 0.3 is 6.01 Å². The summed E-state index contributed by atoms with van der Waals surface area (Å²) in [5.74, 6) is 0.801. The van der Waals surface area contributed by atoms with Crippen LogP contribution in [0.25, 0.3) is 0 Å². The minimum absolute atomic E-state index is 0.0302. The smallest absolute Gasteiger partial charge is 0.320 e. The van der Waals surface area contributed by atoms with E-state index in [0.29, 0.717) is 37.0 Å². The number of anilines is 2. The van der Waals surface area contributed by atoms with Crippen molar-refractivity contribution in [2.24, 2.45) is 0 Å². The molecule has 1 fully saturated rings. The third-order valence-electron chi connectivity index (χ3n) is 5.62. The Morgan fingerprint density at radius 1 is 1.00 bits per heavy atom. The van der Waals surface area contributed by atoms with Gasteiger partial charge in [-0.3, -0.25) is 14.6 Å². The number of benzene rings is 1. The number of amides is 1. The van der Waals surface area contributed by atoms with Crippen LogP contribution < -0.4 is 15.4 Å². The van der Waals surface area contributed by atoms with Crippen LogP contribution in [0.5, 0.6) is 6.01 Å². The van der Waals surface area contributed by atoms with E-state index in [-0.39, 0.29) is 18.3 Å².